The number of nitrogens with one attached hydrogen (secondary N) is 1. The van der Waals surface area contributed by atoms with E-state index in [0.717, 1.165) is 24.2 Å². The summed E-state index contributed by atoms with van der Waals surface area (Å²) in [6.45, 7) is 5.44. The Balaban J connectivity index is 2.04. The van der Waals surface area contributed by atoms with E-state index in [9.17, 15) is 0 Å². The second kappa shape index (κ2) is 4.95. The van der Waals surface area contributed by atoms with Gasteiger partial charge in [-0.2, -0.15) is 5.10 Å². The fraction of sp³-hybridized carbons (Fsp3) is 0.833. The lowest BCUT2D eigenvalue weighted by atomic mass is 9.80. The molecule has 1 aliphatic carbocycles. The average molecular weight is 222 g/mol. The molecule has 1 saturated carbocycles. The highest BCUT2D eigenvalue weighted by atomic mass is 15.3. The molecule has 2 unspecified atom stereocenters. The van der Waals surface area contributed by atoms with Crippen molar-refractivity contribution in [2.45, 2.75) is 45.7 Å². The molecule has 2 atom stereocenters. The molecule has 0 radical (unpaired) electrons. The summed E-state index contributed by atoms with van der Waals surface area (Å²) in [6, 6.07) is 0.553. The summed E-state index contributed by atoms with van der Waals surface area (Å²) in [6.07, 6.45) is 5.73. The Kier molecular flexibility index (Phi) is 3.59. The molecular formula is C12H22N4. The predicted octanol–water partition coefficient (Wildman–Crippen LogP) is 1.99. The van der Waals surface area contributed by atoms with E-state index in [1.807, 2.05) is 13.4 Å². The van der Waals surface area contributed by atoms with Crippen LogP contribution in [0.25, 0.3) is 0 Å². The molecule has 1 aromatic heterocycles. The molecule has 1 heterocycles. The summed E-state index contributed by atoms with van der Waals surface area (Å²) in [7, 11) is 1.92. The zero-order valence-corrected chi connectivity index (χ0v) is 10.5. The van der Waals surface area contributed by atoms with Crippen LogP contribution in [0.4, 0.5) is 0 Å². The van der Waals surface area contributed by atoms with Crippen molar-refractivity contribution in [3.05, 3.63) is 12.2 Å². The van der Waals surface area contributed by atoms with Crippen LogP contribution in [-0.2, 0) is 6.54 Å². The highest BCUT2D eigenvalue weighted by Gasteiger charge is 2.25. The van der Waals surface area contributed by atoms with Crippen molar-refractivity contribution < 1.29 is 0 Å². The molecule has 1 fully saturated rings. The molecule has 1 aromatic rings. The minimum absolute atomic E-state index is 0.553. The first-order valence-electron chi connectivity index (χ1n) is 6.23. The quantitative estimate of drug-likeness (QED) is 0.850. The summed E-state index contributed by atoms with van der Waals surface area (Å²) in [5.74, 6) is 2.52. The van der Waals surface area contributed by atoms with Crippen molar-refractivity contribution in [2.75, 3.05) is 7.05 Å². The number of nitrogens with zero attached hydrogens (tertiary/aromatic N) is 3. The van der Waals surface area contributed by atoms with Gasteiger partial charge in [-0.25, -0.2) is 9.67 Å². The molecule has 0 aromatic carbocycles. The SMILES string of the molecule is CNCc1ncn(C2CC(C)CC(C)C2)n1. The number of aromatic nitrogens is 3. The Morgan fingerprint density at radius 2 is 2.00 bits per heavy atom. The normalized spacial score (nSPS) is 30.6. The van der Waals surface area contributed by atoms with Crippen LogP contribution in [0.15, 0.2) is 6.33 Å². The third kappa shape index (κ3) is 2.61. The van der Waals surface area contributed by atoms with E-state index >= 15 is 0 Å². The molecule has 90 valence electrons. The minimum atomic E-state index is 0.553. The van der Waals surface area contributed by atoms with Crippen LogP contribution < -0.4 is 5.32 Å². The first-order valence-corrected chi connectivity index (χ1v) is 6.23. The number of hydrogen-bond donors (Lipinski definition) is 1. The third-order valence-corrected chi connectivity index (χ3v) is 3.42. The van der Waals surface area contributed by atoms with Gasteiger partial charge in [-0.15, -0.1) is 0 Å². The Morgan fingerprint density at radius 3 is 2.62 bits per heavy atom. The van der Waals surface area contributed by atoms with Gasteiger partial charge in [0.15, 0.2) is 5.82 Å². The van der Waals surface area contributed by atoms with Gasteiger partial charge in [0.25, 0.3) is 0 Å². The largest absolute Gasteiger partial charge is 0.313 e. The summed E-state index contributed by atoms with van der Waals surface area (Å²) >= 11 is 0. The summed E-state index contributed by atoms with van der Waals surface area (Å²) in [5, 5.41) is 7.62. The second-order valence-electron chi connectivity index (χ2n) is 5.24. The molecule has 2 rings (SSSR count). The van der Waals surface area contributed by atoms with Crippen LogP contribution in [0.1, 0.15) is 45.0 Å². The monoisotopic (exact) mass is 222 g/mol. The van der Waals surface area contributed by atoms with Crippen LogP contribution in [0, 0.1) is 11.8 Å². The van der Waals surface area contributed by atoms with Crippen molar-refractivity contribution >= 4 is 0 Å². The number of hydrogen-bond acceptors (Lipinski definition) is 3. The van der Waals surface area contributed by atoms with Gasteiger partial charge in [0.05, 0.1) is 12.6 Å². The second-order valence-corrected chi connectivity index (χ2v) is 5.24. The highest BCUT2D eigenvalue weighted by molar-refractivity contribution is 4.85. The minimum Gasteiger partial charge on any atom is -0.313 e. The molecular weight excluding hydrogens is 200 g/mol. The van der Waals surface area contributed by atoms with Gasteiger partial charge >= 0.3 is 0 Å². The maximum atomic E-state index is 4.54. The lowest BCUT2D eigenvalue weighted by molar-refractivity contribution is 0.209. The lowest BCUT2D eigenvalue weighted by Crippen LogP contribution is -2.23. The zero-order chi connectivity index (χ0) is 11.5. The van der Waals surface area contributed by atoms with E-state index in [2.05, 4.69) is 33.9 Å². The van der Waals surface area contributed by atoms with Gasteiger partial charge in [0.1, 0.15) is 6.33 Å². The zero-order valence-electron chi connectivity index (χ0n) is 10.5. The van der Waals surface area contributed by atoms with Crippen LogP contribution in [-0.4, -0.2) is 21.8 Å². The molecule has 0 aliphatic heterocycles. The highest BCUT2D eigenvalue weighted by Crippen LogP contribution is 2.35. The lowest BCUT2D eigenvalue weighted by Gasteiger charge is -2.31. The van der Waals surface area contributed by atoms with Gasteiger partial charge in [0.2, 0.25) is 0 Å². The van der Waals surface area contributed by atoms with E-state index in [1.54, 1.807) is 0 Å². The predicted molar refractivity (Wildman–Crippen MR) is 64.0 cm³/mol. The van der Waals surface area contributed by atoms with Gasteiger partial charge in [-0.3, -0.25) is 0 Å². The fourth-order valence-electron chi connectivity index (χ4n) is 2.85. The van der Waals surface area contributed by atoms with E-state index in [1.165, 1.54) is 19.3 Å². The van der Waals surface area contributed by atoms with Crippen LogP contribution in [0.3, 0.4) is 0 Å². The van der Waals surface area contributed by atoms with Crippen molar-refractivity contribution in [3.63, 3.8) is 0 Å². The Labute approximate surface area is 97.5 Å². The summed E-state index contributed by atoms with van der Waals surface area (Å²) in [5.41, 5.74) is 0. The summed E-state index contributed by atoms with van der Waals surface area (Å²) < 4.78 is 2.07. The van der Waals surface area contributed by atoms with Crippen molar-refractivity contribution in [1.82, 2.24) is 20.1 Å². The maximum absolute atomic E-state index is 4.54. The smallest absolute Gasteiger partial charge is 0.164 e. The van der Waals surface area contributed by atoms with Crippen molar-refractivity contribution in [3.8, 4) is 0 Å². The van der Waals surface area contributed by atoms with Gasteiger partial charge in [0, 0.05) is 0 Å². The summed E-state index contributed by atoms with van der Waals surface area (Å²) in [4.78, 5) is 4.32. The molecule has 16 heavy (non-hydrogen) atoms. The maximum Gasteiger partial charge on any atom is 0.164 e. The van der Waals surface area contributed by atoms with E-state index in [-0.39, 0.29) is 0 Å². The van der Waals surface area contributed by atoms with Crippen molar-refractivity contribution in [2.24, 2.45) is 11.8 Å². The first kappa shape index (κ1) is 11.6. The molecule has 0 spiro atoms. The molecule has 0 saturated heterocycles. The molecule has 0 amide bonds. The average Bonchev–Trinajstić information content (AvgIpc) is 2.65. The topological polar surface area (TPSA) is 42.7 Å². The van der Waals surface area contributed by atoms with Crippen molar-refractivity contribution in [1.29, 1.82) is 0 Å². The molecule has 1 N–H and O–H groups in total. The Morgan fingerprint density at radius 1 is 1.31 bits per heavy atom. The first-order chi connectivity index (χ1) is 7.69. The molecule has 4 nitrogen and oxygen atoms in total. The van der Waals surface area contributed by atoms with E-state index < -0.39 is 0 Å². The Bertz CT molecular complexity index is 324. The van der Waals surface area contributed by atoms with E-state index in [4.69, 9.17) is 0 Å². The molecule has 0 bridgehead atoms. The molecule has 1 aliphatic rings. The van der Waals surface area contributed by atoms with Gasteiger partial charge < -0.3 is 5.32 Å². The molecule has 4 heteroatoms. The van der Waals surface area contributed by atoms with Crippen LogP contribution >= 0.6 is 0 Å². The standard InChI is InChI=1S/C12H22N4/c1-9-4-10(2)6-11(5-9)16-8-14-12(15-16)7-13-3/h8-11,13H,4-7H2,1-3H3. The van der Waals surface area contributed by atoms with Gasteiger partial charge in [-0.1, -0.05) is 13.8 Å². The van der Waals surface area contributed by atoms with E-state index in [0.29, 0.717) is 6.04 Å². The van der Waals surface area contributed by atoms with Gasteiger partial charge in [-0.05, 0) is 38.1 Å². The fourth-order valence-corrected chi connectivity index (χ4v) is 2.85. The Hall–Kier alpha value is -0.900. The van der Waals surface area contributed by atoms with Crippen LogP contribution in [0.5, 0.6) is 0 Å². The third-order valence-electron chi connectivity index (χ3n) is 3.42. The van der Waals surface area contributed by atoms with Crippen LogP contribution in [0.2, 0.25) is 0 Å². The number of rotatable bonds is 3.